The quantitative estimate of drug-likeness (QED) is 0.834. The predicted molar refractivity (Wildman–Crippen MR) is 70.6 cm³/mol. The smallest absolute Gasteiger partial charge is 0.410 e. The van der Waals surface area contributed by atoms with Crippen LogP contribution in [0.15, 0.2) is 0 Å². The van der Waals surface area contributed by atoms with E-state index in [-0.39, 0.29) is 12.5 Å². The summed E-state index contributed by atoms with van der Waals surface area (Å²) in [6, 6.07) is 0. The van der Waals surface area contributed by atoms with E-state index in [1.807, 2.05) is 0 Å². The fourth-order valence-corrected chi connectivity index (χ4v) is 1.89. The first-order valence-corrected chi connectivity index (χ1v) is 6.58. The zero-order chi connectivity index (χ0) is 15.3. The van der Waals surface area contributed by atoms with Crippen LogP contribution in [0.2, 0.25) is 0 Å². The Kier molecular flexibility index (Phi) is 5.76. The van der Waals surface area contributed by atoms with E-state index in [9.17, 15) is 9.59 Å². The molecule has 1 amide bonds. The number of carboxylic acid groups (broad SMARTS) is 1. The lowest BCUT2D eigenvalue weighted by Gasteiger charge is -2.34. The molecule has 0 bridgehead atoms. The minimum Gasteiger partial charge on any atom is -0.479 e. The number of rotatable bonds is 4. The third-order valence-corrected chi connectivity index (χ3v) is 2.83. The van der Waals surface area contributed by atoms with Crippen molar-refractivity contribution in [2.24, 2.45) is 0 Å². The van der Waals surface area contributed by atoms with Gasteiger partial charge in [0.25, 0.3) is 0 Å². The van der Waals surface area contributed by atoms with E-state index in [4.69, 9.17) is 19.3 Å². The first-order chi connectivity index (χ1) is 9.23. The van der Waals surface area contributed by atoms with Crippen LogP contribution in [-0.2, 0) is 19.0 Å². The summed E-state index contributed by atoms with van der Waals surface area (Å²) < 4.78 is 15.6. The van der Waals surface area contributed by atoms with E-state index in [0.717, 1.165) is 0 Å². The molecule has 1 aliphatic heterocycles. The molecule has 1 rings (SSSR count). The van der Waals surface area contributed by atoms with Gasteiger partial charge in [0.1, 0.15) is 5.60 Å². The number of methoxy groups -OCH3 is 1. The van der Waals surface area contributed by atoms with Crippen LogP contribution in [0, 0.1) is 0 Å². The van der Waals surface area contributed by atoms with Crippen molar-refractivity contribution >= 4 is 12.1 Å². The third-order valence-electron chi connectivity index (χ3n) is 2.83. The Morgan fingerprint density at radius 3 is 2.60 bits per heavy atom. The molecular weight excluding hydrogens is 266 g/mol. The zero-order valence-corrected chi connectivity index (χ0v) is 12.4. The fourth-order valence-electron chi connectivity index (χ4n) is 1.89. The van der Waals surface area contributed by atoms with E-state index in [1.165, 1.54) is 12.0 Å². The molecule has 0 saturated carbocycles. The van der Waals surface area contributed by atoms with Crippen LogP contribution in [0.4, 0.5) is 4.79 Å². The van der Waals surface area contributed by atoms with Crippen molar-refractivity contribution in [2.75, 3.05) is 26.8 Å². The van der Waals surface area contributed by atoms with Gasteiger partial charge in [0.2, 0.25) is 0 Å². The van der Waals surface area contributed by atoms with Gasteiger partial charge in [-0.05, 0) is 20.8 Å². The Balaban J connectivity index is 2.54. The minimum atomic E-state index is -1.04. The van der Waals surface area contributed by atoms with Crippen LogP contribution in [0.1, 0.15) is 27.2 Å². The molecule has 0 radical (unpaired) electrons. The number of carbonyl (C=O) groups excluding carboxylic acids is 1. The van der Waals surface area contributed by atoms with Gasteiger partial charge in [-0.3, -0.25) is 0 Å². The molecule has 1 heterocycles. The molecule has 7 heteroatoms. The van der Waals surface area contributed by atoms with Crippen LogP contribution < -0.4 is 0 Å². The molecule has 116 valence electrons. The van der Waals surface area contributed by atoms with Crippen molar-refractivity contribution in [1.82, 2.24) is 4.90 Å². The molecule has 0 aromatic carbocycles. The van der Waals surface area contributed by atoms with Gasteiger partial charge in [-0.2, -0.15) is 0 Å². The summed E-state index contributed by atoms with van der Waals surface area (Å²) in [5.41, 5.74) is -0.555. The number of ether oxygens (including phenoxy) is 3. The first kappa shape index (κ1) is 16.7. The third kappa shape index (κ3) is 5.34. The maximum atomic E-state index is 11.9. The molecule has 1 aliphatic rings. The van der Waals surface area contributed by atoms with Crippen molar-refractivity contribution in [3.63, 3.8) is 0 Å². The van der Waals surface area contributed by atoms with Gasteiger partial charge in [-0.1, -0.05) is 0 Å². The second kappa shape index (κ2) is 6.90. The summed E-state index contributed by atoms with van der Waals surface area (Å²) in [4.78, 5) is 24.4. The predicted octanol–water partition coefficient (Wildman–Crippen LogP) is 1.11. The van der Waals surface area contributed by atoms with E-state index in [2.05, 4.69) is 0 Å². The number of carbonyl (C=O) groups is 2. The summed E-state index contributed by atoms with van der Waals surface area (Å²) in [6.45, 7) is 6.51. The standard InChI is InChI=1S/C13H23NO6/c1-13(2,3)20-12(17)14-5-6-19-9(8-14)7-10(18-4)11(15)16/h9-10H,5-8H2,1-4H3,(H,15,16). The average Bonchev–Trinajstić information content (AvgIpc) is 2.34. The number of nitrogens with zero attached hydrogens (tertiary/aromatic N) is 1. The number of amides is 1. The monoisotopic (exact) mass is 289 g/mol. The Hall–Kier alpha value is -1.34. The lowest BCUT2D eigenvalue weighted by Crippen LogP contribution is -2.48. The van der Waals surface area contributed by atoms with E-state index >= 15 is 0 Å². The van der Waals surface area contributed by atoms with Crippen molar-refractivity contribution in [3.8, 4) is 0 Å². The Bertz CT molecular complexity index is 351. The highest BCUT2D eigenvalue weighted by Gasteiger charge is 2.31. The van der Waals surface area contributed by atoms with Crippen LogP contribution >= 0.6 is 0 Å². The van der Waals surface area contributed by atoms with Crippen LogP contribution in [0.3, 0.4) is 0 Å². The van der Waals surface area contributed by atoms with Crippen LogP contribution in [0.5, 0.6) is 0 Å². The highest BCUT2D eigenvalue weighted by molar-refractivity contribution is 5.72. The summed E-state index contributed by atoms with van der Waals surface area (Å²) in [5.74, 6) is -1.04. The zero-order valence-electron chi connectivity index (χ0n) is 12.4. The maximum Gasteiger partial charge on any atom is 0.410 e. The van der Waals surface area contributed by atoms with Crippen molar-refractivity contribution < 1.29 is 28.9 Å². The number of carboxylic acids is 1. The number of morpholine rings is 1. The molecule has 0 aromatic heterocycles. The second-order valence-corrected chi connectivity index (χ2v) is 5.72. The Morgan fingerprint density at radius 1 is 1.45 bits per heavy atom. The van der Waals surface area contributed by atoms with Gasteiger partial charge in [-0.15, -0.1) is 0 Å². The molecule has 7 nitrogen and oxygen atoms in total. The van der Waals surface area contributed by atoms with E-state index in [1.54, 1.807) is 20.8 Å². The molecule has 2 atom stereocenters. The van der Waals surface area contributed by atoms with Crippen LogP contribution in [-0.4, -0.2) is 66.7 Å². The summed E-state index contributed by atoms with van der Waals surface area (Å²) in [5, 5.41) is 8.95. The molecule has 1 N–H and O–H groups in total. The summed E-state index contributed by atoms with van der Waals surface area (Å²) in [7, 11) is 1.34. The Labute approximate surface area is 118 Å². The Morgan fingerprint density at radius 2 is 2.10 bits per heavy atom. The fraction of sp³-hybridized carbons (Fsp3) is 0.846. The first-order valence-electron chi connectivity index (χ1n) is 6.58. The molecular formula is C13H23NO6. The molecule has 2 unspecified atom stereocenters. The minimum absolute atomic E-state index is 0.200. The molecule has 20 heavy (non-hydrogen) atoms. The van der Waals surface area contributed by atoms with Gasteiger partial charge in [0.15, 0.2) is 6.10 Å². The molecule has 0 aliphatic carbocycles. The lowest BCUT2D eigenvalue weighted by atomic mass is 10.1. The number of aliphatic carboxylic acids is 1. The maximum absolute atomic E-state index is 11.9. The van der Waals surface area contributed by atoms with Gasteiger partial charge < -0.3 is 24.2 Å². The van der Waals surface area contributed by atoms with Crippen molar-refractivity contribution in [3.05, 3.63) is 0 Å². The van der Waals surface area contributed by atoms with Gasteiger partial charge in [0, 0.05) is 20.1 Å². The highest BCUT2D eigenvalue weighted by Crippen LogP contribution is 2.16. The molecule has 1 fully saturated rings. The SMILES string of the molecule is COC(CC1CN(C(=O)OC(C)(C)C)CCO1)C(=O)O. The van der Waals surface area contributed by atoms with Crippen LogP contribution in [0.25, 0.3) is 0 Å². The average molecular weight is 289 g/mol. The topological polar surface area (TPSA) is 85.3 Å². The summed E-state index contributed by atoms with van der Waals surface area (Å²) in [6.07, 6.45) is -1.50. The number of hydrogen-bond donors (Lipinski definition) is 1. The highest BCUT2D eigenvalue weighted by atomic mass is 16.6. The molecule has 0 spiro atoms. The largest absolute Gasteiger partial charge is 0.479 e. The normalized spacial score (nSPS) is 21.4. The van der Waals surface area contributed by atoms with Gasteiger partial charge in [0.05, 0.1) is 19.3 Å². The molecule has 0 aromatic rings. The van der Waals surface area contributed by atoms with E-state index < -0.39 is 23.8 Å². The van der Waals surface area contributed by atoms with E-state index in [0.29, 0.717) is 19.7 Å². The van der Waals surface area contributed by atoms with Gasteiger partial charge in [-0.25, -0.2) is 9.59 Å². The molecule has 1 saturated heterocycles. The van der Waals surface area contributed by atoms with Crippen molar-refractivity contribution in [1.29, 1.82) is 0 Å². The van der Waals surface area contributed by atoms with Crippen molar-refractivity contribution in [2.45, 2.75) is 45.0 Å². The van der Waals surface area contributed by atoms with Gasteiger partial charge >= 0.3 is 12.1 Å². The summed E-state index contributed by atoms with van der Waals surface area (Å²) >= 11 is 0. The number of hydrogen-bond acceptors (Lipinski definition) is 5. The second-order valence-electron chi connectivity index (χ2n) is 5.72. The lowest BCUT2D eigenvalue weighted by molar-refractivity contribution is -0.152.